The fourth-order valence-corrected chi connectivity index (χ4v) is 2.78. The molecule has 0 bridgehead atoms. The number of anilines is 1. The van der Waals surface area contributed by atoms with E-state index in [-0.39, 0.29) is 11.8 Å². The smallest absolute Gasteiger partial charge is 0.227 e. The molecule has 2 aromatic rings. The molecule has 23 heavy (non-hydrogen) atoms. The van der Waals surface area contributed by atoms with Gasteiger partial charge in [0, 0.05) is 36.0 Å². The van der Waals surface area contributed by atoms with Crippen LogP contribution in [0, 0.1) is 5.92 Å². The summed E-state index contributed by atoms with van der Waals surface area (Å²) >= 11 is 0. The van der Waals surface area contributed by atoms with Gasteiger partial charge >= 0.3 is 0 Å². The normalized spacial score (nSPS) is 20.7. The Balaban J connectivity index is 1.64. The molecule has 1 aromatic carbocycles. The van der Waals surface area contributed by atoms with Crippen LogP contribution in [0.25, 0.3) is 0 Å². The molecule has 5 nitrogen and oxygen atoms in total. The number of benzene rings is 1. The molecular formula is C18H21N3O2. The molecule has 1 amide bonds. The molecule has 1 fully saturated rings. The van der Waals surface area contributed by atoms with Crippen molar-refractivity contribution in [2.75, 3.05) is 11.9 Å². The summed E-state index contributed by atoms with van der Waals surface area (Å²) in [6.45, 7) is 3.00. The highest BCUT2D eigenvalue weighted by atomic mass is 16.5. The summed E-state index contributed by atoms with van der Waals surface area (Å²) in [5, 5.41) is 6.35. The standard InChI is InChI=1S/C18H21N3O2/c1-13-11-14(8-10-19-13)18(22)21-15-5-4-6-16(12-15)23-17-7-2-3-9-20-17/h2-7,9,12-14,19H,8,10-11H2,1H3,(H,21,22)/t13-,14-/m0/s1. The quantitative estimate of drug-likeness (QED) is 0.910. The van der Waals surface area contributed by atoms with Crippen LogP contribution in [0.5, 0.6) is 11.6 Å². The van der Waals surface area contributed by atoms with Gasteiger partial charge in [-0.3, -0.25) is 4.79 Å². The minimum atomic E-state index is 0.0617. The third-order valence-electron chi connectivity index (χ3n) is 3.96. The molecule has 2 atom stereocenters. The molecule has 0 radical (unpaired) electrons. The molecule has 1 aliphatic heterocycles. The summed E-state index contributed by atoms with van der Waals surface area (Å²) in [4.78, 5) is 16.5. The molecule has 120 valence electrons. The number of hydrogen-bond donors (Lipinski definition) is 2. The van der Waals surface area contributed by atoms with Crippen molar-refractivity contribution < 1.29 is 9.53 Å². The van der Waals surface area contributed by atoms with Crippen molar-refractivity contribution in [3.8, 4) is 11.6 Å². The van der Waals surface area contributed by atoms with Crippen LogP contribution < -0.4 is 15.4 Å². The lowest BCUT2D eigenvalue weighted by Crippen LogP contribution is -2.40. The van der Waals surface area contributed by atoms with Crippen LogP contribution in [0.1, 0.15) is 19.8 Å². The molecule has 1 aromatic heterocycles. The number of carbonyl (C=O) groups excluding carboxylic acids is 1. The highest BCUT2D eigenvalue weighted by Crippen LogP contribution is 2.24. The van der Waals surface area contributed by atoms with E-state index in [9.17, 15) is 4.79 Å². The number of hydrogen-bond acceptors (Lipinski definition) is 4. The van der Waals surface area contributed by atoms with E-state index in [1.807, 2.05) is 36.4 Å². The van der Waals surface area contributed by atoms with Gasteiger partial charge in [-0.15, -0.1) is 0 Å². The van der Waals surface area contributed by atoms with Crippen molar-refractivity contribution >= 4 is 11.6 Å². The molecule has 0 aliphatic carbocycles. The van der Waals surface area contributed by atoms with Crippen molar-refractivity contribution in [2.24, 2.45) is 5.92 Å². The Kier molecular flexibility index (Phi) is 4.88. The number of aromatic nitrogens is 1. The van der Waals surface area contributed by atoms with Gasteiger partial charge in [-0.2, -0.15) is 0 Å². The van der Waals surface area contributed by atoms with Crippen LogP contribution in [0.3, 0.4) is 0 Å². The summed E-state index contributed by atoms with van der Waals surface area (Å²) in [6, 6.07) is 13.3. The van der Waals surface area contributed by atoms with E-state index in [1.54, 1.807) is 12.3 Å². The molecular weight excluding hydrogens is 290 g/mol. The number of ether oxygens (including phenoxy) is 1. The molecule has 1 saturated heterocycles. The zero-order valence-corrected chi connectivity index (χ0v) is 13.2. The Hall–Kier alpha value is -2.40. The van der Waals surface area contributed by atoms with E-state index in [4.69, 9.17) is 4.74 Å². The van der Waals surface area contributed by atoms with Crippen molar-refractivity contribution in [1.82, 2.24) is 10.3 Å². The third kappa shape index (κ3) is 4.29. The Labute approximate surface area is 136 Å². The lowest BCUT2D eigenvalue weighted by Gasteiger charge is -2.27. The van der Waals surface area contributed by atoms with Crippen LogP contribution in [-0.4, -0.2) is 23.5 Å². The average Bonchev–Trinajstić information content (AvgIpc) is 2.56. The van der Waals surface area contributed by atoms with E-state index in [0.29, 0.717) is 17.7 Å². The van der Waals surface area contributed by atoms with Gasteiger partial charge in [-0.1, -0.05) is 12.1 Å². The maximum Gasteiger partial charge on any atom is 0.227 e. The van der Waals surface area contributed by atoms with E-state index < -0.39 is 0 Å². The Morgan fingerprint density at radius 1 is 1.30 bits per heavy atom. The van der Waals surface area contributed by atoms with Crippen molar-refractivity contribution in [2.45, 2.75) is 25.8 Å². The Morgan fingerprint density at radius 2 is 2.22 bits per heavy atom. The Bertz CT molecular complexity index is 660. The molecule has 2 heterocycles. The molecule has 0 spiro atoms. The van der Waals surface area contributed by atoms with Gasteiger partial charge in [0.1, 0.15) is 5.75 Å². The minimum Gasteiger partial charge on any atom is -0.439 e. The molecule has 2 N–H and O–H groups in total. The maximum atomic E-state index is 12.4. The first-order valence-electron chi connectivity index (χ1n) is 7.94. The van der Waals surface area contributed by atoms with Crippen LogP contribution in [0.4, 0.5) is 5.69 Å². The fraction of sp³-hybridized carbons (Fsp3) is 0.333. The SMILES string of the molecule is C[C@H]1C[C@@H](C(=O)Nc2cccc(Oc3ccccn3)c2)CCN1. The largest absolute Gasteiger partial charge is 0.439 e. The first-order chi connectivity index (χ1) is 11.2. The van der Waals surface area contributed by atoms with E-state index in [0.717, 1.165) is 25.1 Å². The van der Waals surface area contributed by atoms with Crippen LogP contribution in [0.15, 0.2) is 48.7 Å². The zero-order valence-electron chi connectivity index (χ0n) is 13.2. The summed E-state index contributed by atoms with van der Waals surface area (Å²) in [5.41, 5.74) is 0.745. The van der Waals surface area contributed by atoms with Gasteiger partial charge < -0.3 is 15.4 Å². The maximum absolute atomic E-state index is 12.4. The lowest BCUT2D eigenvalue weighted by molar-refractivity contribution is -0.120. The van der Waals surface area contributed by atoms with Gasteiger partial charge in [0.25, 0.3) is 0 Å². The van der Waals surface area contributed by atoms with Crippen LogP contribution in [-0.2, 0) is 4.79 Å². The van der Waals surface area contributed by atoms with Crippen molar-refractivity contribution in [3.05, 3.63) is 48.7 Å². The second-order valence-corrected chi connectivity index (χ2v) is 5.86. The summed E-state index contributed by atoms with van der Waals surface area (Å²) < 4.78 is 5.69. The van der Waals surface area contributed by atoms with Gasteiger partial charge in [0.05, 0.1) is 0 Å². The number of amides is 1. The molecule has 1 aliphatic rings. The molecule has 0 saturated carbocycles. The Morgan fingerprint density at radius 3 is 3.00 bits per heavy atom. The fourth-order valence-electron chi connectivity index (χ4n) is 2.78. The number of carbonyl (C=O) groups is 1. The highest BCUT2D eigenvalue weighted by Gasteiger charge is 2.24. The number of nitrogens with zero attached hydrogens (tertiary/aromatic N) is 1. The minimum absolute atomic E-state index is 0.0617. The topological polar surface area (TPSA) is 63.2 Å². The number of nitrogens with one attached hydrogen (secondary N) is 2. The van der Waals surface area contributed by atoms with Gasteiger partial charge in [0.15, 0.2) is 0 Å². The van der Waals surface area contributed by atoms with Crippen molar-refractivity contribution in [3.63, 3.8) is 0 Å². The van der Waals surface area contributed by atoms with Crippen LogP contribution >= 0.6 is 0 Å². The predicted octanol–water partition coefficient (Wildman–Crippen LogP) is 3.20. The summed E-state index contributed by atoms with van der Waals surface area (Å²) in [5.74, 6) is 1.32. The van der Waals surface area contributed by atoms with Crippen LogP contribution in [0.2, 0.25) is 0 Å². The molecule has 3 rings (SSSR count). The summed E-state index contributed by atoms with van der Waals surface area (Å²) in [6.07, 6.45) is 3.43. The first-order valence-corrected chi connectivity index (χ1v) is 7.94. The number of rotatable bonds is 4. The van der Waals surface area contributed by atoms with Gasteiger partial charge in [-0.05, 0) is 44.5 Å². The van der Waals surface area contributed by atoms with E-state index in [1.165, 1.54) is 0 Å². The van der Waals surface area contributed by atoms with Gasteiger partial charge in [-0.25, -0.2) is 4.98 Å². The van der Waals surface area contributed by atoms with E-state index >= 15 is 0 Å². The summed E-state index contributed by atoms with van der Waals surface area (Å²) in [7, 11) is 0. The second-order valence-electron chi connectivity index (χ2n) is 5.86. The van der Waals surface area contributed by atoms with Crippen molar-refractivity contribution in [1.29, 1.82) is 0 Å². The predicted molar refractivity (Wildman–Crippen MR) is 89.6 cm³/mol. The zero-order chi connectivity index (χ0) is 16.1. The van der Waals surface area contributed by atoms with Gasteiger partial charge in [0.2, 0.25) is 11.8 Å². The highest BCUT2D eigenvalue weighted by molar-refractivity contribution is 5.92. The number of piperidine rings is 1. The average molecular weight is 311 g/mol. The monoisotopic (exact) mass is 311 g/mol. The lowest BCUT2D eigenvalue weighted by atomic mass is 9.92. The molecule has 0 unspecified atom stereocenters. The number of pyridine rings is 1. The second kappa shape index (κ2) is 7.24. The third-order valence-corrected chi connectivity index (χ3v) is 3.96. The molecule has 5 heteroatoms. The van der Waals surface area contributed by atoms with E-state index in [2.05, 4.69) is 22.5 Å². The first kappa shape index (κ1) is 15.5.